The number of thioether (sulfide) groups is 1. The molecule has 0 spiro atoms. The molecule has 0 saturated carbocycles. The van der Waals surface area contributed by atoms with E-state index in [0.717, 1.165) is 26.4 Å². The highest BCUT2D eigenvalue weighted by atomic mass is 32.2. The number of aromatic nitrogens is 1. The van der Waals surface area contributed by atoms with Gasteiger partial charge < -0.3 is 15.4 Å². The van der Waals surface area contributed by atoms with Gasteiger partial charge in [-0.1, -0.05) is 35.1 Å². The number of ether oxygens (including phenoxy) is 1. The van der Waals surface area contributed by atoms with Gasteiger partial charge in [-0.05, 0) is 62.4 Å². The molecule has 4 rings (SSSR count). The number of nitrogens with one attached hydrogen (secondary N) is 2. The van der Waals surface area contributed by atoms with E-state index in [9.17, 15) is 9.59 Å². The van der Waals surface area contributed by atoms with Gasteiger partial charge in [0, 0.05) is 16.1 Å². The maximum Gasteiger partial charge on any atom is 0.255 e. The van der Waals surface area contributed by atoms with Gasteiger partial charge in [-0.3, -0.25) is 9.59 Å². The van der Waals surface area contributed by atoms with Crippen molar-refractivity contribution in [1.82, 2.24) is 4.98 Å². The Bertz CT molecular complexity index is 1320. The first kappa shape index (κ1) is 22.8. The fourth-order valence-electron chi connectivity index (χ4n) is 3.19. The van der Waals surface area contributed by atoms with Crippen LogP contribution in [0.4, 0.5) is 10.8 Å². The summed E-state index contributed by atoms with van der Waals surface area (Å²) in [4.78, 5) is 30.6. The van der Waals surface area contributed by atoms with Gasteiger partial charge in [-0.25, -0.2) is 4.98 Å². The third-order valence-electron chi connectivity index (χ3n) is 4.88. The number of hydrogen-bond acceptors (Lipinski definition) is 6. The summed E-state index contributed by atoms with van der Waals surface area (Å²) in [5.41, 5.74) is 3.13. The van der Waals surface area contributed by atoms with E-state index in [0.29, 0.717) is 16.4 Å². The van der Waals surface area contributed by atoms with Gasteiger partial charge in [0.25, 0.3) is 5.91 Å². The lowest BCUT2D eigenvalue weighted by molar-refractivity contribution is -0.115. The van der Waals surface area contributed by atoms with Crippen molar-refractivity contribution in [2.75, 3.05) is 17.7 Å². The lowest BCUT2D eigenvalue weighted by Gasteiger charge is -2.12. The monoisotopic (exact) mass is 477 g/mol. The van der Waals surface area contributed by atoms with E-state index in [2.05, 4.69) is 15.6 Å². The molecule has 3 aromatic carbocycles. The highest BCUT2D eigenvalue weighted by molar-refractivity contribution is 8.00. The number of anilines is 2. The number of hydrogen-bond donors (Lipinski definition) is 2. The molecule has 0 aliphatic heterocycles. The van der Waals surface area contributed by atoms with Gasteiger partial charge in [0.05, 0.1) is 22.6 Å². The molecule has 1 heterocycles. The van der Waals surface area contributed by atoms with E-state index in [1.807, 2.05) is 74.5 Å². The summed E-state index contributed by atoms with van der Waals surface area (Å²) in [5, 5.41) is 6.02. The topological polar surface area (TPSA) is 80.3 Å². The van der Waals surface area contributed by atoms with Crippen LogP contribution in [0.25, 0.3) is 10.2 Å². The van der Waals surface area contributed by atoms with Crippen molar-refractivity contribution in [1.29, 1.82) is 0 Å². The minimum absolute atomic E-state index is 0.139. The van der Waals surface area contributed by atoms with Crippen molar-refractivity contribution in [3.8, 4) is 5.75 Å². The molecule has 0 bridgehead atoms. The van der Waals surface area contributed by atoms with Crippen molar-refractivity contribution < 1.29 is 14.3 Å². The first-order valence-electron chi connectivity index (χ1n) is 10.3. The molecule has 168 valence electrons. The van der Waals surface area contributed by atoms with E-state index < -0.39 is 0 Å². The van der Waals surface area contributed by atoms with Crippen LogP contribution in [0, 0.1) is 6.92 Å². The van der Waals surface area contributed by atoms with E-state index >= 15 is 0 Å². The molecule has 0 radical (unpaired) electrons. The van der Waals surface area contributed by atoms with Crippen LogP contribution in [-0.4, -0.2) is 29.2 Å². The third-order valence-corrected chi connectivity index (χ3v) is 6.91. The maximum atomic E-state index is 12.7. The molecule has 2 amide bonds. The molecule has 4 aromatic rings. The molecular formula is C25H23N3O3S2. The fraction of sp³-hybridized carbons (Fsp3) is 0.160. The first-order valence-corrected chi connectivity index (χ1v) is 12.0. The van der Waals surface area contributed by atoms with Crippen molar-refractivity contribution in [2.45, 2.75) is 24.0 Å². The summed E-state index contributed by atoms with van der Waals surface area (Å²) in [7, 11) is 1.62. The zero-order chi connectivity index (χ0) is 23.4. The van der Waals surface area contributed by atoms with Crippen LogP contribution in [0.2, 0.25) is 0 Å². The molecule has 1 unspecified atom stereocenters. The summed E-state index contributed by atoms with van der Waals surface area (Å²) in [6.07, 6.45) is 0. The second-order valence-corrected chi connectivity index (χ2v) is 9.90. The number of rotatable bonds is 7. The van der Waals surface area contributed by atoms with Crippen molar-refractivity contribution >= 4 is 55.9 Å². The number of carbonyl (C=O) groups excluding carboxylic acids is 2. The maximum absolute atomic E-state index is 12.7. The molecule has 2 N–H and O–H groups in total. The average molecular weight is 478 g/mol. The number of methoxy groups -OCH3 is 1. The van der Waals surface area contributed by atoms with Crippen LogP contribution in [0.3, 0.4) is 0 Å². The molecule has 1 aromatic heterocycles. The van der Waals surface area contributed by atoms with Gasteiger partial charge >= 0.3 is 0 Å². The summed E-state index contributed by atoms with van der Waals surface area (Å²) < 4.78 is 6.19. The van der Waals surface area contributed by atoms with Gasteiger partial charge in [-0.15, -0.1) is 11.8 Å². The van der Waals surface area contributed by atoms with Gasteiger partial charge in [0.15, 0.2) is 5.13 Å². The van der Waals surface area contributed by atoms with E-state index in [-0.39, 0.29) is 17.1 Å². The van der Waals surface area contributed by atoms with Crippen molar-refractivity contribution in [2.24, 2.45) is 0 Å². The van der Waals surface area contributed by atoms with Gasteiger partial charge in [-0.2, -0.15) is 0 Å². The van der Waals surface area contributed by atoms with Gasteiger partial charge in [0.2, 0.25) is 5.91 Å². The lowest BCUT2D eigenvalue weighted by Crippen LogP contribution is -2.22. The number of nitrogens with zero attached hydrogens (tertiary/aromatic N) is 1. The Kier molecular flexibility index (Phi) is 6.96. The Morgan fingerprint density at radius 1 is 1.03 bits per heavy atom. The lowest BCUT2D eigenvalue weighted by atomic mass is 10.1. The number of benzene rings is 3. The molecule has 0 aliphatic rings. The minimum Gasteiger partial charge on any atom is -0.497 e. The first-order chi connectivity index (χ1) is 15.9. The second-order valence-electron chi connectivity index (χ2n) is 7.45. The number of carbonyl (C=O) groups is 2. The van der Waals surface area contributed by atoms with Crippen LogP contribution < -0.4 is 15.4 Å². The Balaban J connectivity index is 1.39. The molecule has 33 heavy (non-hydrogen) atoms. The molecule has 0 saturated heterocycles. The smallest absolute Gasteiger partial charge is 0.255 e. The predicted octanol–water partition coefficient (Wildman–Crippen LogP) is 5.98. The molecule has 1 atom stereocenters. The quantitative estimate of drug-likeness (QED) is 0.320. The third kappa shape index (κ3) is 5.71. The molecular weight excluding hydrogens is 454 g/mol. The average Bonchev–Trinajstić information content (AvgIpc) is 3.20. The predicted molar refractivity (Wildman–Crippen MR) is 136 cm³/mol. The van der Waals surface area contributed by atoms with Crippen LogP contribution in [0.15, 0.2) is 71.6 Å². The summed E-state index contributed by atoms with van der Waals surface area (Å²) >= 11 is 2.82. The molecule has 0 fully saturated rings. The summed E-state index contributed by atoms with van der Waals surface area (Å²) in [6.45, 7) is 3.79. The highest BCUT2D eigenvalue weighted by Crippen LogP contribution is 2.31. The van der Waals surface area contributed by atoms with Crippen LogP contribution in [0.1, 0.15) is 22.8 Å². The Hall–Kier alpha value is -3.36. The Labute approximate surface area is 200 Å². The number of aryl methyl sites for hydroxylation is 1. The zero-order valence-corrected chi connectivity index (χ0v) is 20.0. The number of amides is 2. The van der Waals surface area contributed by atoms with E-state index in [1.54, 1.807) is 13.2 Å². The largest absolute Gasteiger partial charge is 0.497 e. The van der Waals surface area contributed by atoms with Gasteiger partial charge in [0.1, 0.15) is 5.75 Å². The highest BCUT2D eigenvalue weighted by Gasteiger charge is 2.17. The Morgan fingerprint density at radius 2 is 1.85 bits per heavy atom. The zero-order valence-electron chi connectivity index (χ0n) is 18.4. The summed E-state index contributed by atoms with van der Waals surface area (Å²) in [5.74, 6) is 0.446. The second kappa shape index (κ2) is 10.1. The molecule has 6 nitrogen and oxygen atoms in total. The normalized spacial score (nSPS) is 11.7. The van der Waals surface area contributed by atoms with E-state index in [4.69, 9.17) is 4.74 Å². The standard InChI is InChI=1S/C25H23N3O3S2/c1-15-6-4-7-17(12-15)24(30)26-18-8-5-9-20(13-18)32-16(2)23(29)28-25-27-21-11-10-19(31-3)14-22(21)33-25/h4-14,16H,1-3H3,(H,26,30)(H,27,28,29). The van der Waals surface area contributed by atoms with E-state index in [1.165, 1.54) is 23.1 Å². The summed E-state index contributed by atoms with van der Waals surface area (Å²) in [6, 6.07) is 20.5. The van der Waals surface area contributed by atoms with Crippen molar-refractivity contribution in [3.05, 3.63) is 77.9 Å². The minimum atomic E-state index is -0.353. The van der Waals surface area contributed by atoms with Crippen LogP contribution in [0.5, 0.6) is 5.75 Å². The number of thiazole rings is 1. The molecule has 0 aliphatic carbocycles. The fourth-order valence-corrected chi connectivity index (χ4v) is 5.01. The SMILES string of the molecule is COc1ccc2nc(NC(=O)C(C)Sc3cccc(NC(=O)c4cccc(C)c4)c3)sc2c1. The van der Waals surface area contributed by atoms with Crippen LogP contribution in [-0.2, 0) is 4.79 Å². The van der Waals surface area contributed by atoms with Crippen LogP contribution >= 0.6 is 23.1 Å². The Morgan fingerprint density at radius 3 is 2.64 bits per heavy atom. The van der Waals surface area contributed by atoms with Crippen molar-refractivity contribution in [3.63, 3.8) is 0 Å². The molecule has 8 heteroatoms. The number of fused-ring (bicyclic) bond motifs is 1.